The third kappa shape index (κ3) is 3.20. The van der Waals surface area contributed by atoms with Gasteiger partial charge in [-0.05, 0) is 50.3 Å². The van der Waals surface area contributed by atoms with Crippen LogP contribution in [0.5, 0.6) is 11.5 Å². The summed E-state index contributed by atoms with van der Waals surface area (Å²) in [6.45, 7) is 4.29. The van der Waals surface area contributed by atoms with Crippen LogP contribution in [-0.2, 0) is 9.59 Å². The maximum Gasteiger partial charge on any atom is 0.325 e. The maximum absolute atomic E-state index is 12.6. The monoisotopic (exact) mass is 373 g/mol. The van der Waals surface area contributed by atoms with Crippen LogP contribution in [0.4, 0.5) is 4.79 Å². The maximum atomic E-state index is 12.6. The summed E-state index contributed by atoms with van der Waals surface area (Å²) in [6.07, 6.45) is 1.84. The number of hydrogen-bond donors (Lipinski definition) is 2. The third-order valence-corrected chi connectivity index (χ3v) is 5.44. The molecule has 2 heterocycles. The van der Waals surface area contributed by atoms with Gasteiger partial charge >= 0.3 is 6.03 Å². The number of nitrogens with one attached hydrogen (secondary N) is 2. The van der Waals surface area contributed by atoms with Gasteiger partial charge in [-0.15, -0.1) is 0 Å². The molecule has 27 heavy (non-hydrogen) atoms. The second kappa shape index (κ2) is 6.44. The van der Waals surface area contributed by atoms with E-state index < -0.39 is 11.6 Å². The minimum absolute atomic E-state index is 0.165. The zero-order valence-electron chi connectivity index (χ0n) is 15.4. The molecule has 0 bridgehead atoms. The van der Waals surface area contributed by atoms with Crippen LogP contribution in [0, 0.1) is 5.92 Å². The van der Waals surface area contributed by atoms with Crippen molar-refractivity contribution in [3.63, 3.8) is 0 Å². The van der Waals surface area contributed by atoms with E-state index in [2.05, 4.69) is 10.6 Å². The van der Waals surface area contributed by atoms with E-state index >= 15 is 0 Å². The normalized spacial score (nSPS) is 25.2. The predicted octanol–water partition coefficient (Wildman–Crippen LogP) is 1.36. The Labute approximate surface area is 157 Å². The van der Waals surface area contributed by atoms with Crippen molar-refractivity contribution in [3.05, 3.63) is 23.8 Å². The highest BCUT2D eigenvalue weighted by Crippen LogP contribution is 2.42. The summed E-state index contributed by atoms with van der Waals surface area (Å²) in [6, 6.07) is 4.69. The quantitative estimate of drug-likeness (QED) is 0.760. The number of rotatable bonds is 5. The van der Waals surface area contributed by atoms with E-state index in [-0.39, 0.29) is 30.3 Å². The summed E-state index contributed by atoms with van der Waals surface area (Å²) >= 11 is 0. The number of urea groups is 1. The van der Waals surface area contributed by atoms with Crippen LogP contribution in [0.15, 0.2) is 18.2 Å². The van der Waals surface area contributed by atoms with Gasteiger partial charge in [0.25, 0.3) is 5.91 Å². The lowest BCUT2D eigenvalue weighted by molar-refractivity contribution is -0.135. The largest absolute Gasteiger partial charge is 0.486 e. The molecule has 1 saturated carbocycles. The molecule has 2 fully saturated rings. The SMILES string of the molecule is C[C@@H](NC(=O)CN1C(=O)N[C@](C)(C2CC2)C1=O)c1ccc2c(c1)OCCO2. The highest BCUT2D eigenvalue weighted by Gasteiger charge is 2.56. The van der Waals surface area contributed by atoms with Crippen molar-refractivity contribution in [3.8, 4) is 11.5 Å². The van der Waals surface area contributed by atoms with Gasteiger partial charge < -0.3 is 20.1 Å². The standard InChI is InChI=1S/C19H23N3O5/c1-11(12-3-6-14-15(9-12)27-8-7-26-14)20-16(23)10-22-17(24)19(2,13-4-5-13)21-18(22)25/h3,6,9,11,13H,4-5,7-8,10H2,1-2H3,(H,20,23)(H,21,25)/t11-,19-/m1/s1. The summed E-state index contributed by atoms with van der Waals surface area (Å²) in [4.78, 5) is 38.2. The number of imide groups is 1. The number of hydrogen-bond acceptors (Lipinski definition) is 5. The molecule has 0 unspecified atom stereocenters. The average molecular weight is 373 g/mol. The van der Waals surface area contributed by atoms with Crippen molar-refractivity contribution in [1.29, 1.82) is 0 Å². The number of nitrogens with zero attached hydrogens (tertiary/aromatic N) is 1. The van der Waals surface area contributed by atoms with Crippen molar-refractivity contribution < 1.29 is 23.9 Å². The second-order valence-corrected chi connectivity index (χ2v) is 7.49. The molecule has 0 radical (unpaired) electrons. The molecule has 2 aliphatic heterocycles. The molecule has 0 aromatic heterocycles. The summed E-state index contributed by atoms with van der Waals surface area (Å²) in [5.74, 6) is 0.785. The van der Waals surface area contributed by atoms with E-state index in [4.69, 9.17) is 9.47 Å². The zero-order valence-corrected chi connectivity index (χ0v) is 15.4. The van der Waals surface area contributed by atoms with E-state index in [1.165, 1.54) is 0 Å². The Hall–Kier alpha value is -2.77. The van der Waals surface area contributed by atoms with Crippen LogP contribution in [-0.4, -0.2) is 48.0 Å². The second-order valence-electron chi connectivity index (χ2n) is 7.49. The first-order valence-corrected chi connectivity index (χ1v) is 9.21. The summed E-state index contributed by atoms with van der Waals surface area (Å²) < 4.78 is 11.1. The molecule has 8 heteroatoms. The molecule has 8 nitrogen and oxygen atoms in total. The van der Waals surface area contributed by atoms with Crippen LogP contribution >= 0.6 is 0 Å². The first-order valence-electron chi connectivity index (χ1n) is 9.21. The average Bonchev–Trinajstić information content (AvgIpc) is 3.47. The highest BCUT2D eigenvalue weighted by atomic mass is 16.6. The molecule has 1 aromatic rings. The van der Waals surface area contributed by atoms with Gasteiger partial charge in [0, 0.05) is 0 Å². The minimum Gasteiger partial charge on any atom is -0.486 e. The van der Waals surface area contributed by atoms with Gasteiger partial charge in [-0.1, -0.05) is 6.07 Å². The summed E-state index contributed by atoms with van der Waals surface area (Å²) in [5.41, 5.74) is -0.0219. The molecule has 1 saturated heterocycles. The fraction of sp³-hybridized carbons (Fsp3) is 0.526. The number of amides is 4. The van der Waals surface area contributed by atoms with Gasteiger partial charge in [-0.2, -0.15) is 0 Å². The summed E-state index contributed by atoms with van der Waals surface area (Å²) in [5, 5.41) is 5.58. The van der Waals surface area contributed by atoms with Gasteiger partial charge in [0.2, 0.25) is 5.91 Å². The smallest absolute Gasteiger partial charge is 0.325 e. The van der Waals surface area contributed by atoms with Crippen molar-refractivity contribution >= 4 is 17.8 Å². The topological polar surface area (TPSA) is 97.0 Å². The Morgan fingerprint density at radius 1 is 1.30 bits per heavy atom. The van der Waals surface area contributed by atoms with Gasteiger partial charge in [0.15, 0.2) is 11.5 Å². The Bertz CT molecular complexity index is 807. The lowest BCUT2D eigenvalue weighted by atomic mass is 9.96. The third-order valence-electron chi connectivity index (χ3n) is 5.44. The van der Waals surface area contributed by atoms with E-state index in [9.17, 15) is 14.4 Å². The molecule has 0 spiro atoms. The summed E-state index contributed by atoms with van der Waals surface area (Å²) in [7, 11) is 0. The molecule has 1 aliphatic carbocycles. The zero-order chi connectivity index (χ0) is 19.2. The number of ether oxygens (including phenoxy) is 2. The first-order chi connectivity index (χ1) is 12.9. The fourth-order valence-electron chi connectivity index (χ4n) is 3.64. The molecular formula is C19H23N3O5. The van der Waals surface area contributed by atoms with Crippen LogP contribution < -0.4 is 20.1 Å². The Kier molecular flexibility index (Phi) is 4.20. The molecule has 144 valence electrons. The van der Waals surface area contributed by atoms with Gasteiger partial charge in [-0.25, -0.2) is 4.79 Å². The van der Waals surface area contributed by atoms with E-state index in [1.54, 1.807) is 6.92 Å². The van der Waals surface area contributed by atoms with E-state index in [0.717, 1.165) is 23.3 Å². The van der Waals surface area contributed by atoms with Crippen molar-refractivity contribution in [2.24, 2.45) is 5.92 Å². The predicted molar refractivity (Wildman–Crippen MR) is 95.4 cm³/mol. The molecule has 1 aromatic carbocycles. The Morgan fingerprint density at radius 2 is 2.00 bits per heavy atom. The first kappa shape index (κ1) is 17.6. The molecule has 3 aliphatic rings. The Morgan fingerprint density at radius 3 is 2.70 bits per heavy atom. The minimum atomic E-state index is -0.876. The van der Waals surface area contributed by atoms with Crippen LogP contribution in [0.2, 0.25) is 0 Å². The van der Waals surface area contributed by atoms with Crippen LogP contribution in [0.25, 0.3) is 0 Å². The van der Waals surface area contributed by atoms with E-state index in [0.29, 0.717) is 24.7 Å². The van der Waals surface area contributed by atoms with Crippen molar-refractivity contribution in [2.75, 3.05) is 19.8 Å². The number of carbonyl (C=O) groups is 3. The Balaban J connectivity index is 1.39. The van der Waals surface area contributed by atoms with Crippen LogP contribution in [0.1, 0.15) is 38.3 Å². The molecule has 2 atom stereocenters. The number of benzene rings is 1. The lowest BCUT2D eigenvalue weighted by Gasteiger charge is -2.22. The van der Waals surface area contributed by atoms with Crippen molar-refractivity contribution in [2.45, 2.75) is 38.3 Å². The van der Waals surface area contributed by atoms with Crippen molar-refractivity contribution in [1.82, 2.24) is 15.5 Å². The van der Waals surface area contributed by atoms with E-state index in [1.807, 2.05) is 25.1 Å². The van der Waals surface area contributed by atoms with Gasteiger partial charge in [0.05, 0.1) is 6.04 Å². The van der Waals surface area contributed by atoms with Gasteiger partial charge in [-0.3, -0.25) is 14.5 Å². The molecular weight excluding hydrogens is 350 g/mol. The number of fused-ring (bicyclic) bond motifs is 1. The molecule has 2 N–H and O–H groups in total. The fourth-order valence-corrected chi connectivity index (χ4v) is 3.64. The number of carbonyl (C=O) groups excluding carboxylic acids is 3. The lowest BCUT2D eigenvalue weighted by Crippen LogP contribution is -2.47. The highest BCUT2D eigenvalue weighted by molar-refractivity contribution is 6.09. The molecule has 4 amide bonds. The van der Waals surface area contributed by atoms with Crippen LogP contribution in [0.3, 0.4) is 0 Å². The molecule has 4 rings (SSSR count). The van der Waals surface area contributed by atoms with Gasteiger partial charge in [0.1, 0.15) is 25.3 Å².